The summed E-state index contributed by atoms with van der Waals surface area (Å²) >= 11 is 5.48. The van der Waals surface area contributed by atoms with Crippen LogP contribution in [0.5, 0.6) is 5.75 Å². The minimum absolute atomic E-state index is 0. The summed E-state index contributed by atoms with van der Waals surface area (Å²) in [5.74, 6) is 0.522. The monoisotopic (exact) mass is 448 g/mol. The van der Waals surface area contributed by atoms with Crippen molar-refractivity contribution in [1.29, 1.82) is 0 Å². The number of aryl methyl sites for hydroxylation is 1. The van der Waals surface area contributed by atoms with Gasteiger partial charge in [-0.25, -0.2) is 0 Å². The van der Waals surface area contributed by atoms with Crippen molar-refractivity contribution in [3.8, 4) is 16.2 Å². The first-order valence-corrected chi connectivity index (χ1v) is 11.6. The molecule has 3 aromatic rings. The van der Waals surface area contributed by atoms with Crippen molar-refractivity contribution in [2.24, 2.45) is 0 Å². The molecule has 2 aromatic carbocycles. The summed E-state index contributed by atoms with van der Waals surface area (Å²) in [5.41, 5.74) is 3.55. The molecule has 0 radical (unpaired) electrons. The second-order valence-corrected chi connectivity index (χ2v) is 9.96. The Balaban J connectivity index is 0.00000196. The molecule has 4 nitrogen and oxygen atoms in total. The third kappa shape index (κ3) is 5.27. The first-order chi connectivity index (χ1) is 12.3. The maximum atomic E-state index is 11.8. The van der Waals surface area contributed by atoms with Gasteiger partial charge in [0, 0.05) is 12.0 Å². The normalized spacial score (nSPS) is 11.1. The van der Waals surface area contributed by atoms with Crippen LogP contribution in [0.15, 0.2) is 47.4 Å². The van der Waals surface area contributed by atoms with Crippen LogP contribution in [-0.4, -0.2) is 20.1 Å². The average Bonchev–Trinajstić information content (AvgIpc) is 2.95. The molecule has 0 bridgehead atoms. The van der Waals surface area contributed by atoms with Crippen LogP contribution in [0.4, 0.5) is 0 Å². The summed E-state index contributed by atoms with van der Waals surface area (Å²) in [6.45, 7) is 2.02. The van der Waals surface area contributed by atoms with Crippen LogP contribution in [-0.2, 0) is 16.5 Å². The molecule has 0 fully saturated rings. The molecule has 0 saturated carbocycles. The molecule has 0 aliphatic heterocycles. The first-order valence-electron chi connectivity index (χ1n) is 7.63. The Morgan fingerprint density at radius 1 is 1.15 bits per heavy atom. The first kappa shape index (κ1) is 22.7. The fourth-order valence-corrected chi connectivity index (χ4v) is 6.24. The second kappa shape index (κ2) is 9.28. The molecule has 3 rings (SSSR count). The molecule has 9 heteroatoms. The number of hydrogen-bond donors (Lipinski definition) is 1. The van der Waals surface area contributed by atoms with E-state index in [9.17, 15) is 13.0 Å². The van der Waals surface area contributed by atoms with Gasteiger partial charge in [0.05, 0.1) is 16.9 Å². The third-order valence-corrected chi connectivity index (χ3v) is 8.09. The van der Waals surface area contributed by atoms with Gasteiger partial charge < -0.3 is 6.16 Å². The number of hydrogen-bond acceptors (Lipinski definition) is 6. The Labute approximate surface area is 194 Å². The van der Waals surface area contributed by atoms with Crippen LogP contribution in [0.3, 0.4) is 0 Å². The molecule has 0 aliphatic rings. The molecule has 0 aliphatic carbocycles. The summed E-state index contributed by atoms with van der Waals surface area (Å²) in [7, 11) is 0.227. The van der Waals surface area contributed by atoms with Gasteiger partial charge >= 0.3 is 29.6 Å². The second-order valence-electron chi connectivity index (χ2n) is 5.75. The van der Waals surface area contributed by atoms with Crippen molar-refractivity contribution in [3.63, 3.8) is 0 Å². The fourth-order valence-electron chi connectivity index (χ4n) is 2.62. The molecule has 27 heavy (non-hydrogen) atoms. The third-order valence-electron chi connectivity index (χ3n) is 3.95. The molecule has 0 spiro atoms. The topological polar surface area (TPSA) is 63.6 Å². The van der Waals surface area contributed by atoms with E-state index in [-0.39, 0.29) is 35.9 Å². The van der Waals surface area contributed by atoms with E-state index >= 15 is 0 Å². The Kier molecular flexibility index (Phi) is 7.80. The van der Waals surface area contributed by atoms with E-state index < -0.39 is 10.1 Å². The number of methoxy groups -OCH3 is 1. The summed E-state index contributed by atoms with van der Waals surface area (Å²) < 4.78 is 39.0. The summed E-state index contributed by atoms with van der Waals surface area (Å²) in [6, 6.07) is 12.6. The van der Waals surface area contributed by atoms with Crippen LogP contribution in [0.1, 0.15) is 18.1 Å². The fraction of sp³-hybridized carbons (Fsp3) is 0.167. The Morgan fingerprint density at radius 3 is 2.41 bits per heavy atom. The zero-order chi connectivity index (χ0) is 18.9. The van der Waals surface area contributed by atoms with E-state index in [0.29, 0.717) is 17.7 Å². The number of rotatable bonds is 5. The van der Waals surface area contributed by atoms with Gasteiger partial charge in [-0.15, -0.1) is 0 Å². The minimum atomic E-state index is -4.34. The van der Waals surface area contributed by atoms with Crippen LogP contribution in [0.2, 0.25) is 0 Å². The predicted molar refractivity (Wildman–Crippen MR) is 110 cm³/mol. The summed E-state index contributed by atoms with van der Waals surface area (Å²) in [5, 5.41) is 0. The van der Waals surface area contributed by atoms with Gasteiger partial charge in [0.15, 0.2) is 0 Å². The van der Waals surface area contributed by atoms with Crippen molar-refractivity contribution in [3.05, 3.63) is 63.0 Å². The van der Waals surface area contributed by atoms with Gasteiger partial charge in [-0.2, -0.15) is 8.42 Å². The Morgan fingerprint density at radius 2 is 1.81 bits per heavy atom. The number of benzene rings is 2. The van der Waals surface area contributed by atoms with Crippen molar-refractivity contribution in [2.45, 2.75) is 18.2 Å². The molecular formula is C18H17NaO4S4. The van der Waals surface area contributed by atoms with Gasteiger partial charge in [0.2, 0.25) is 0 Å². The quantitative estimate of drug-likeness (QED) is 0.281. The molecule has 1 N–H and O–H groups in total. The van der Waals surface area contributed by atoms with E-state index in [1.807, 2.05) is 31.2 Å². The minimum Gasteiger partial charge on any atom is -1.00 e. The van der Waals surface area contributed by atoms with Crippen molar-refractivity contribution in [2.75, 3.05) is 7.11 Å². The van der Waals surface area contributed by atoms with Crippen LogP contribution < -0.4 is 34.3 Å². The van der Waals surface area contributed by atoms with Crippen molar-refractivity contribution >= 4 is 43.0 Å². The van der Waals surface area contributed by atoms with E-state index in [1.165, 1.54) is 29.6 Å². The molecule has 0 unspecified atom stereocenters. The van der Waals surface area contributed by atoms with E-state index in [2.05, 4.69) is 0 Å². The average molecular weight is 449 g/mol. The smallest absolute Gasteiger partial charge is 1.00 e. The van der Waals surface area contributed by atoms with Crippen molar-refractivity contribution in [1.82, 2.24) is 0 Å². The molecule has 1 aromatic heterocycles. The van der Waals surface area contributed by atoms with Crippen LogP contribution >= 0.6 is 32.9 Å². The van der Waals surface area contributed by atoms with E-state index in [1.54, 1.807) is 16.4 Å². The molecular weight excluding hydrogens is 431 g/mol. The standard InChI is InChI=1S/C18H16O4S4.Na.H/c1-11-3-5-12(6-4-11)17-15(18(23)25-24-17)10-13-9-14(22-2)7-8-16(13)26(19,20)21;;/h3-9H,10H2,1-2H3,(H,19,20,21);;/q;+1;-1. The molecule has 0 atom stereocenters. The maximum absolute atomic E-state index is 11.8. The maximum Gasteiger partial charge on any atom is 1.00 e. The van der Waals surface area contributed by atoms with Crippen molar-refractivity contribution < 1.29 is 48.7 Å². The molecule has 0 saturated heterocycles. The molecule has 0 amide bonds. The van der Waals surface area contributed by atoms with Crippen LogP contribution in [0, 0.1) is 10.7 Å². The Bertz CT molecular complexity index is 1110. The SMILES string of the molecule is COc1ccc(S(=O)(=O)O)c(Cc2c(-c3ccc(C)cc3)ssc2=S)c1.[H-].[Na+]. The largest absolute Gasteiger partial charge is 1.00 e. The number of ether oxygens (including phenoxy) is 1. The Hall–Kier alpha value is -0.580. The molecule has 138 valence electrons. The zero-order valence-electron chi connectivity index (χ0n) is 16.1. The van der Waals surface area contributed by atoms with Gasteiger partial charge in [-0.3, -0.25) is 4.55 Å². The van der Waals surface area contributed by atoms with Gasteiger partial charge in [0.25, 0.3) is 10.1 Å². The molecule has 1 heterocycles. The summed E-state index contributed by atoms with van der Waals surface area (Å²) in [4.78, 5) is 0.892. The van der Waals surface area contributed by atoms with Crippen LogP contribution in [0.25, 0.3) is 10.4 Å². The summed E-state index contributed by atoms with van der Waals surface area (Å²) in [6.07, 6.45) is 0.300. The van der Waals surface area contributed by atoms with Gasteiger partial charge in [0.1, 0.15) is 9.57 Å². The van der Waals surface area contributed by atoms with E-state index in [4.69, 9.17) is 17.0 Å². The van der Waals surface area contributed by atoms with E-state index in [0.717, 1.165) is 25.4 Å². The predicted octanol–water partition coefficient (Wildman–Crippen LogP) is 2.48. The zero-order valence-corrected chi connectivity index (χ0v) is 20.3. The van der Waals surface area contributed by atoms with Gasteiger partial charge in [-0.05, 0) is 36.2 Å². The van der Waals surface area contributed by atoms with Gasteiger partial charge in [-0.1, -0.05) is 62.7 Å².